The Morgan fingerprint density at radius 3 is 2.66 bits per heavy atom. The maximum Gasteiger partial charge on any atom is 0.410 e. The Kier molecular flexibility index (Phi) is 4.94. The number of fused-ring (bicyclic) bond motifs is 1. The molecule has 29 heavy (non-hydrogen) atoms. The third-order valence-corrected chi connectivity index (χ3v) is 5.80. The lowest BCUT2D eigenvalue weighted by Crippen LogP contribution is -2.62. The van der Waals surface area contributed by atoms with Crippen molar-refractivity contribution < 1.29 is 18.7 Å². The molecular formula is C21H23FN4O3. The van der Waals surface area contributed by atoms with Crippen LogP contribution in [0.2, 0.25) is 0 Å². The molecule has 3 heterocycles. The van der Waals surface area contributed by atoms with Crippen LogP contribution in [0.5, 0.6) is 0 Å². The molecule has 0 bridgehead atoms. The van der Waals surface area contributed by atoms with E-state index >= 15 is 0 Å². The number of ether oxygens (including phenoxy) is 1. The first-order valence-electron chi connectivity index (χ1n) is 9.81. The molecule has 2 fully saturated rings. The fourth-order valence-corrected chi connectivity index (χ4v) is 3.95. The zero-order chi connectivity index (χ0) is 20.6. The van der Waals surface area contributed by atoms with Crippen molar-refractivity contribution in [3.05, 3.63) is 47.5 Å². The summed E-state index contributed by atoms with van der Waals surface area (Å²) in [6.45, 7) is 5.38. The van der Waals surface area contributed by atoms with Crippen molar-refractivity contribution in [2.45, 2.75) is 32.2 Å². The van der Waals surface area contributed by atoms with E-state index in [9.17, 15) is 14.0 Å². The van der Waals surface area contributed by atoms with E-state index in [2.05, 4.69) is 9.97 Å². The Hall–Kier alpha value is -3.03. The van der Waals surface area contributed by atoms with Crippen molar-refractivity contribution in [3.63, 3.8) is 0 Å². The first-order chi connectivity index (χ1) is 14.0. The predicted octanol–water partition coefficient (Wildman–Crippen LogP) is 2.90. The zero-order valence-corrected chi connectivity index (χ0v) is 16.5. The van der Waals surface area contributed by atoms with Gasteiger partial charge in [-0.1, -0.05) is 13.8 Å². The summed E-state index contributed by atoms with van der Waals surface area (Å²) in [5.74, 6) is -0.416. The fourth-order valence-electron chi connectivity index (χ4n) is 3.95. The van der Waals surface area contributed by atoms with E-state index in [0.717, 1.165) is 12.0 Å². The smallest absolute Gasteiger partial charge is 0.410 e. The van der Waals surface area contributed by atoms with Crippen LogP contribution in [-0.2, 0) is 11.2 Å². The standard InChI is InChI=1S/C21H23FN4O3/c1-3-14-10-23-18(24-11-14)15-7-16(9-17(22)8-15)19(27)25-5-6-26-20(28)29-13-21(26,4-2)12-25/h7-11H,3-6,12-13H2,1-2H3. The second-order valence-electron chi connectivity index (χ2n) is 7.51. The maximum atomic E-state index is 14.3. The molecule has 1 aromatic heterocycles. The predicted molar refractivity (Wildman–Crippen MR) is 104 cm³/mol. The van der Waals surface area contributed by atoms with Crippen LogP contribution in [0.25, 0.3) is 11.4 Å². The van der Waals surface area contributed by atoms with Crippen LogP contribution < -0.4 is 0 Å². The number of halogens is 1. The van der Waals surface area contributed by atoms with Gasteiger partial charge in [0.15, 0.2) is 5.82 Å². The van der Waals surface area contributed by atoms with Gasteiger partial charge in [0, 0.05) is 43.2 Å². The quantitative estimate of drug-likeness (QED) is 0.792. The molecule has 0 radical (unpaired) electrons. The molecule has 8 heteroatoms. The molecule has 0 N–H and O–H groups in total. The Bertz CT molecular complexity index is 949. The van der Waals surface area contributed by atoms with Gasteiger partial charge >= 0.3 is 6.09 Å². The Balaban J connectivity index is 1.60. The maximum absolute atomic E-state index is 14.3. The number of aromatic nitrogens is 2. The number of rotatable bonds is 4. The number of amides is 2. The van der Waals surface area contributed by atoms with Crippen molar-refractivity contribution in [1.82, 2.24) is 19.8 Å². The highest BCUT2D eigenvalue weighted by Crippen LogP contribution is 2.32. The van der Waals surface area contributed by atoms with E-state index in [1.54, 1.807) is 28.3 Å². The molecule has 0 spiro atoms. The average molecular weight is 398 g/mol. The zero-order valence-electron chi connectivity index (χ0n) is 16.5. The van der Waals surface area contributed by atoms with E-state index in [0.29, 0.717) is 37.4 Å². The van der Waals surface area contributed by atoms with Crippen LogP contribution in [0.3, 0.4) is 0 Å². The van der Waals surface area contributed by atoms with E-state index in [1.807, 2.05) is 13.8 Å². The molecule has 2 aromatic rings. The second-order valence-corrected chi connectivity index (χ2v) is 7.51. The van der Waals surface area contributed by atoms with Gasteiger partial charge in [-0.05, 0) is 36.6 Å². The highest BCUT2D eigenvalue weighted by atomic mass is 19.1. The molecule has 2 saturated heterocycles. The van der Waals surface area contributed by atoms with Gasteiger partial charge in [0.05, 0.1) is 5.54 Å². The summed E-state index contributed by atoms with van der Waals surface area (Å²) in [5.41, 5.74) is 1.17. The van der Waals surface area contributed by atoms with Crippen molar-refractivity contribution in [3.8, 4) is 11.4 Å². The molecule has 4 rings (SSSR count). The molecule has 1 unspecified atom stereocenters. The normalized spacial score (nSPS) is 21.1. The molecular weight excluding hydrogens is 375 g/mol. The molecule has 2 aliphatic heterocycles. The summed E-state index contributed by atoms with van der Waals surface area (Å²) >= 11 is 0. The number of cyclic esters (lactones) is 1. The number of carbonyl (C=O) groups is 2. The average Bonchev–Trinajstić information content (AvgIpc) is 3.09. The fraction of sp³-hybridized carbons (Fsp3) is 0.429. The van der Waals surface area contributed by atoms with Gasteiger partial charge in [-0.15, -0.1) is 0 Å². The summed E-state index contributed by atoms with van der Waals surface area (Å²) in [7, 11) is 0. The van der Waals surface area contributed by atoms with Gasteiger partial charge in [0.1, 0.15) is 12.4 Å². The van der Waals surface area contributed by atoms with Gasteiger partial charge in [0.25, 0.3) is 5.91 Å². The third kappa shape index (κ3) is 3.43. The number of aryl methyl sites for hydroxylation is 1. The lowest BCUT2D eigenvalue weighted by atomic mass is 9.92. The summed E-state index contributed by atoms with van der Waals surface area (Å²) in [5, 5.41) is 0. The van der Waals surface area contributed by atoms with Crippen LogP contribution in [-0.4, -0.2) is 63.5 Å². The minimum absolute atomic E-state index is 0.244. The van der Waals surface area contributed by atoms with Gasteiger partial charge in [-0.3, -0.25) is 9.69 Å². The first kappa shape index (κ1) is 19.3. The van der Waals surface area contributed by atoms with Crippen molar-refractivity contribution in [1.29, 1.82) is 0 Å². The Morgan fingerprint density at radius 1 is 1.21 bits per heavy atom. The van der Waals surface area contributed by atoms with Crippen LogP contribution in [0.4, 0.5) is 9.18 Å². The number of carbonyl (C=O) groups excluding carboxylic acids is 2. The summed E-state index contributed by atoms with van der Waals surface area (Å²) in [4.78, 5) is 37.0. The minimum Gasteiger partial charge on any atom is -0.447 e. The highest BCUT2D eigenvalue weighted by Gasteiger charge is 2.50. The van der Waals surface area contributed by atoms with Crippen molar-refractivity contribution >= 4 is 12.0 Å². The highest BCUT2D eigenvalue weighted by molar-refractivity contribution is 5.95. The second kappa shape index (κ2) is 7.42. The van der Waals surface area contributed by atoms with E-state index in [4.69, 9.17) is 4.74 Å². The summed E-state index contributed by atoms with van der Waals surface area (Å²) < 4.78 is 19.5. The summed E-state index contributed by atoms with van der Waals surface area (Å²) in [6, 6.07) is 4.17. The largest absolute Gasteiger partial charge is 0.447 e. The number of hydrogen-bond donors (Lipinski definition) is 0. The van der Waals surface area contributed by atoms with Gasteiger partial charge in [0.2, 0.25) is 0 Å². The monoisotopic (exact) mass is 398 g/mol. The Labute approximate surface area is 168 Å². The molecule has 2 amide bonds. The van der Waals surface area contributed by atoms with E-state index in [-0.39, 0.29) is 24.2 Å². The SMILES string of the molecule is CCc1cnc(-c2cc(F)cc(C(=O)N3CCN4C(=O)OCC4(CC)C3)c2)nc1. The van der Waals surface area contributed by atoms with Crippen LogP contribution in [0.1, 0.15) is 36.2 Å². The molecule has 0 saturated carbocycles. The number of nitrogens with zero attached hydrogens (tertiary/aromatic N) is 4. The minimum atomic E-state index is -0.516. The van der Waals surface area contributed by atoms with Crippen molar-refractivity contribution in [2.24, 2.45) is 0 Å². The molecule has 2 aliphatic rings. The number of benzene rings is 1. The van der Waals surface area contributed by atoms with Crippen LogP contribution in [0, 0.1) is 5.82 Å². The third-order valence-electron chi connectivity index (χ3n) is 5.80. The van der Waals surface area contributed by atoms with E-state index < -0.39 is 11.4 Å². The van der Waals surface area contributed by atoms with Gasteiger partial charge in [-0.2, -0.15) is 0 Å². The lowest BCUT2D eigenvalue weighted by molar-refractivity contribution is 0.0361. The molecule has 1 aromatic carbocycles. The van der Waals surface area contributed by atoms with Crippen LogP contribution >= 0.6 is 0 Å². The number of hydrogen-bond acceptors (Lipinski definition) is 5. The molecule has 152 valence electrons. The Morgan fingerprint density at radius 2 is 1.97 bits per heavy atom. The molecule has 1 atom stereocenters. The van der Waals surface area contributed by atoms with E-state index in [1.165, 1.54) is 12.1 Å². The van der Waals surface area contributed by atoms with Crippen LogP contribution in [0.15, 0.2) is 30.6 Å². The first-order valence-corrected chi connectivity index (χ1v) is 9.81. The van der Waals surface area contributed by atoms with Crippen molar-refractivity contribution in [2.75, 3.05) is 26.2 Å². The number of piperazine rings is 1. The molecule has 0 aliphatic carbocycles. The molecule has 7 nitrogen and oxygen atoms in total. The topological polar surface area (TPSA) is 75.6 Å². The lowest BCUT2D eigenvalue weighted by Gasteiger charge is -2.44. The van der Waals surface area contributed by atoms with Gasteiger partial charge in [-0.25, -0.2) is 19.2 Å². The summed E-state index contributed by atoms with van der Waals surface area (Å²) in [6.07, 6.45) is 4.56. The van der Waals surface area contributed by atoms with Gasteiger partial charge < -0.3 is 9.64 Å².